The summed E-state index contributed by atoms with van der Waals surface area (Å²) >= 11 is 0. The minimum Gasteiger partial charge on any atom is -0.385 e. The number of guanidine groups is 1. The first-order valence-electron chi connectivity index (χ1n) is 8.41. The van der Waals surface area contributed by atoms with Gasteiger partial charge in [0.05, 0.1) is 12.7 Å². The number of halogens is 1. The van der Waals surface area contributed by atoms with Gasteiger partial charge < -0.3 is 25.0 Å². The van der Waals surface area contributed by atoms with Crippen LogP contribution in [0.5, 0.6) is 0 Å². The van der Waals surface area contributed by atoms with Crippen molar-refractivity contribution in [3.63, 3.8) is 0 Å². The van der Waals surface area contributed by atoms with Crippen molar-refractivity contribution in [2.24, 2.45) is 10.4 Å². The second-order valence-corrected chi connectivity index (χ2v) is 6.66. The second-order valence-electron chi connectivity index (χ2n) is 6.66. The third-order valence-corrected chi connectivity index (χ3v) is 4.94. The Morgan fingerprint density at radius 2 is 2.17 bits per heavy atom. The lowest BCUT2D eigenvalue weighted by molar-refractivity contribution is -0.0161. The van der Waals surface area contributed by atoms with Gasteiger partial charge in [0.15, 0.2) is 5.96 Å². The van der Waals surface area contributed by atoms with Crippen molar-refractivity contribution >= 4 is 29.9 Å². The highest BCUT2D eigenvalue weighted by Gasteiger charge is 2.36. The first kappa shape index (κ1) is 20.9. The topological polar surface area (TPSA) is 58.1 Å². The van der Waals surface area contributed by atoms with Crippen molar-refractivity contribution in [3.05, 3.63) is 0 Å². The molecule has 0 radical (unpaired) electrons. The molecule has 6 nitrogen and oxygen atoms in total. The first-order chi connectivity index (χ1) is 10.7. The minimum absolute atomic E-state index is 0. The van der Waals surface area contributed by atoms with Crippen LogP contribution in [0.1, 0.15) is 25.7 Å². The Balaban J connectivity index is 0.00000264. The molecule has 136 valence electrons. The second kappa shape index (κ2) is 10.7. The molecule has 7 heteroatoms. The normalized spacial score (nSPS) is 24.5. The summed E-state index contributed by atoms with van der Waals surface area (Å²) in [5.74, 6) is 0.875. The van der Waals surface area contributed by atoms with E-state index >= 15 is 0 Å². The maximum absolute atomic E-state index is 5.77. The van der Waals surface area contributed by atoms with Crippen molar-refractivity contribution in [1.82, 2.24) is 15.5 Å². The summed E-state index contributed by atoms with van der Waals surface area (Å²) in [6, 6.07) is 0. The van der Waals surface area contributed by atoms with E-state index in [0.717, 1.165) is 51.8 Å². The SMILES string of the molecule is CN=C(NCC1CN(C)CCO1)NCC1(CCOC)CCC1.I. The van der Waals surface area contributed by atoms with E-state index in [4.69, 9.17) is 9.47 Å². The molecule has 2 aliphatic rings. The van der Waals surface area contributed by atoms with Gasteiger partial charge in [0.2, 0.25) is 0 Å². The predicted molar refractivity (Wildman–Crippen MR) is 105 cm³/mol. The highest BCUT2D eigenvalue weighted by atomic mass is 127. The van der Waals surface area contributed by atoms with Crippen molar-refractivity contribution in [3.8, 4) is 0 Å². The molecule has 1 heterocycles. The van der Waals surface area contributed by atoms with Crippen molar-refractivity contribution in [2.75, 3.05) is 60.6 Å². The molecular formula is C16H33IN4O2. The third kappa shape index (κ3) is 6.72. The standard InChI is InChI=1S/C16H32N4O2.HI/c1-17-15(18-11-14-12-20(2)8-10-22-14)19-13-16(5-4-6-16)7-9-21-3;/h14H,4-13H2,1-3H3,(H2,17,18,19);1H. The Labute approximate surface area is 157 Å². The Kier molecular flexibility index (Phi) is 9.72. The van der Waals surface area contributed by atoms with Crippen LogP contribution in [0.25, 0.3) is 0 Å². The minimum atomic E-state index is 0. The van der Waals surface area contributed by atoms with E-state index in [2.05, 4.69) is 27.6 Å². The predicted octanol–water partition coefficient (Wildman–Crippen LogP) is 1.31. The van der Waals surface area contributed by atoms with Crippen LogP contribution >= 0.6 is 24.0 Å². The average molecular weight is 440 g/mol. The molecule has 0 aromatic carbocycles. The summed E-state index contributed by atoms with van der Waals surface area (Å²) < 4.78 is 11.0. The van der Waals surface area contributed by atoms with Gasteiger partial charge in [0.1, 0.15) is 0 Å². The quantitative estimate of drug-likeness (QED) is 0.355. The van der Waals surface area contributed by atoms with Crippen LogP contribution in [-0.2, 0) is 9.47 Å². The van der Waals surface area contributed by atoms with Gasteiger partial charge in [-0.2, -0.15) is 0 Å². The van der Waals surface area contributed by atoms with E-state index in [1.807, 2.05) is 7.05 Å². The fraction of sp³-hybridized carbons (Fsp3) is 0.938. The highest BCUT2D eigenvalue weighted by molar-refractivity contribution is 14.0. The van der Waals surface area contributed by atoms with Gasteiger partial charge in [-0.15, -0.1) is 24.0 Å². The number of nitrogens with zero attached hydrogens (tertiary/aromatic N) is 2. The van der Waals surface area contributed by atoms with Crippen molar-refractivity contribution < 1.29 is 9.47 Å². The lowest BCUT2D eigenvalue weighted by Gasteiger charge is -2.42. The Hall–Kier alpha value is -0.120. The number of nitrogens with one attached hydrogen (secondary N) is 2. The fourth-order valence-electron chi connectivity index (χ4n) is 3.20. The Morgan fingerprint density at radius 3 is 2.74 bits per heavy atom. The van der Waals surface area contributed by atoms with Gasteiger partial charge in [0.25, 0.3) is 0 Å². The number of methoxy groups -OCH3 is 1. The monoisotopic (exact) mass is 440 g/mol. The van der Waals surface area contributed by atoms with Crippen molar-refractivity contribution in [1.29, 1.82) is 0 Å². The van der Waals surface area contributed by atoms with Crippen LogP contribution in [0.15, 0.2) is 4.99 Å². The van der Waals surface area contributed by atoms with Crippen LogP contribution in [0.2, 0.25) is 0 Å². The summed E-state index contributed by atoms with van der Waals surface area (Å²) in [5, 5.41) is 6.88. The number of morpholine rings is 1. The van der Waals surface area contributed by atoms with Crippen LogP contribution in [0.3, 0.4) is 0 Å². The van der Waals surface area contributed by atoms with E-state index in [-0.39, 0.29) is 30.1 Å². The maximum atomic E-state index is 5.77. The number of hydrogen-bond donors (Lipinski definition) is 2. The summed E-state index contributed by atoms with van der Waals surface area (Å²) in [4.78, 5) is 6.63. The van der Waals surface area contributed by atoms with Crippen molar-refractivity contribution in [2.45, 2.75) is 31.8 Å². The molecule has 23 heavy (non-hydrogen) atoms. The average Bonchev–Trinajstić information content (AvgIpc) is 2.48. The number of hydrogen-bond acceptors (Lipinski definition) is 4. The molecule has 0 aromatic rings. The molecule has 0 spiro atoms. The van der Waals surface area contributed by atoms with Crippen LogP contribution in [0.4, 0.5) is 0 Å². The summed E-state index contributed by atoms with van der Waals surface area (Å²) in [5.41, 5.74) is 0.398. The highest BCUT2D eigenvalue weighted by Crippen LogP contribution is 2.43. The zero-order valence-electron chi connectivity index (χ0n) is 14.8. The molecule has 1 saturated heterocycles. The molecule has 0 bridgehead atoms. The molecule has 2 N–H and O–H groups in total. The van der Waals surface area contributed by atoms with Crippen LogP contribution < -0.4 is 10.6 Å². The smallest absolute Gasteiger partial charge is 0.191 e. The first-order valence-corrected chi connectivity index (χ1v) is 8.41. The van der Waals surface area contributed by atoms with Gasteiger partial charge in [-0.3, -0.25) is 4.99 Å². The largest absolute Gasteiger partial charge is 0.385 e. The fourth-order valence-corrected chi connectivity index (χ4v) is 3.20. The molecule has 1 atom stereocenters. The van der Waals surface area contributed by atoms with Gasteiger partial charge in [0, 0.05) is 46.9 Å². The van der Waals surface area contributed by atoms with Crippen LogP contribution in [-0.4, -0.2) is 77.6 Å². The van der Waals surface area contributed by atoms with E-state index in [1.165, 1.54) is 19.3 Å². The third-order valence-electron chi connectivity index (χ3n) is 4.94. The zero-order valence-corrected chi connectivity index (χ0v) is 17.1. The van der Waals surface area contributed by atoms with E-state index in [9.17, 15) is 0 Å². The van der Waals surface area contributed by atoms with E-state index in [1.54, 1.807) is 7.11 Å². The number of likely N-dealkylation sites (N-methyl/N-ethyl adjacent to an activating group) is 1. The van der Waals surface area contributed by atoms with Gasteiger partial charge >= 0.3 is 0 Å². The summed E-state index contributed by atoms with van der Waals surface area (Å²) in [7, 11) is 5.74. The number of ether oxygens (including phenoxy) is 2. The van der Waals surface area contributed by atoms with Crippen LogP contribution in [0, 0.1) is 5.41 Å². The zero-order chi connectivity index (χ0) is 15.8. The molecule has 1 aliphatic carbocycles. The van der Waals surface area contributed by atoms with Gasteiger partial charge in [-0.05, 0) is 31.7 Å². The van der Waals surface area contributed by atoms with E-state index < -0.39 is 0 Å². The maximum Gasteiger partial charge on any atom is 0.191 e. The molecular weight excluding hydrogens is 407 g/mol. The lowest BCUT2D eigenvalue weighted by atomic mass is 9.67. The molecule has 1 aliphatic heterocycles. The molecule has 2 rings (SSSR count). The summed E-state index contributed by atoms with van der Waals surface area (Å²) in [6.45, 7) is 5.43. The Morgan fingerprint density at radius 1 is 1.39 bits per heavy atom. The molecule has 1 unspecified atom stereocenters. The summed E-state index contributed by atoms with van der Waals surface area (Å²) in [6.07, 6.45) is 5.28. The number of aliphatic imine (C=N–C) groups is 1. The Bertz CT molecular complexity index is 364. The number of rotatable bonds is 7. The van der Waals surface area contributed by atoms with Gasteiger partial charge in [-0.25, -0.2) is 0 Å². The lowest BCUT2D eigenvalue weighted by Crippen LogP contribution is -2.50. The molecule has 1 saturated carbocycles. The molecule has 2 fully saturated rings. The molecule has 0 aromatic heterocycles. The van der Waals surface area contributed by atoms with E-state index in [0.29, 0.717) is 5.41 Å². The van der Waals surface area contributed by atoms with Gasteiger partial charge in [-0.1, -0.05) is 6.42 Å². The molecule has 0 amide bonds.